The molecule has 1 aromatic rings. The van der Waals surface area contributed by atoms with Crippen LogP contribution in [0.5, 0.6) is 0 Å². The molecule has 2 saturated heterocycles. The Morgan fingerprint density at radius 3 is 2.84 bits per heavy atom. The van der Waals surface area contributed by atoms with Gasteiger partial charge in [0, 0.05) is 44.8 Å². The van der Waals surface area contributed by atoms with E-state index in [4.69, 9.17) is 4.74 Å². The summed E-state index contributed by atoms with van der Waals surface area (Å²) in [5, 5.41) is 2.96. The molecule has 1 aromatic carbocycles. The van der Waals surface area contributed by atoms with E-state index in [1.54, 1.807) is 0 Å². The van der Waals surface area contributed by atoms with Gasteiger partial charge in [0.1, 0.15) is 0 Å². The van der Waals surface area contributed by atoms with Crippen LogP contribution >= 0.6 is 0 Å². The minimum atomic E-state index is -0.262. The highest BCUT2D eigenvalue weighted by Crippen LogP contribution is 2.20. The number of nitrogens with zero attached hydrogens (tertiary/aromatic N) is 2. The Hall–Kier alpha value is -1.92. The molecule has 0 aliphatic carbocycles. The Labute approximate surface area is 149 Å². The Bertz CT molecular complexity index is 614. The molecule has 1 N–H and O–H groups in total. The van der Waals surface area contributed by atoms with Gasteiger partial charge < -0.3 is 15.0 Å². The van der Waals surface area contributed by atoms with Gasteiger partial charge in [-0.05, 0) is 24.1 Å². The van der Waals surface area contributed by atoms with Gasteiger partial charge in [-0.2, -0.15) is 0 Å². The topological polar surface area (TPSA) is 61.9 Å². The molecule has 25 heavy (non-hydrogen) atoms. The molecule has 2 fully saturated rings. The minimum absolute atomic E-state index is 0.0597. The second kappa shape index (κ2) is 8.45. The molecule has 0 aromatic heterocycles. The number of hydrogen-bond acceptors (Lipinski definition) is 4. The molecule has 0 bridgehead atoms. The van der Waals surface area contributed by atoms with Crippen LogP contribution in [0.3, 0.4) is 0 Å². The van der Waals surface area contributed by atoms with Crippen molar-refractivity contribution in [1.82, 2.24) is 9.80 Å². The summed E-state index contributed by atoms with van der Waals surface area (Å²) in [6, 6.07) is 7.87. The fraction of sp³-hybridized carbons (Fsp3) is 0.579. The van der Waals surface area contributed by atoms with E-state index in [1.165, 1.54) is 5.56 Å². The monoisotopic (exact) mass is 345 g/mol. The zero-order valence-corrected chi connectivity index (χ0v) is 14.9. The van der Waals surface area contributed by atoms with Gasteiger partial charge in [-0.3, -0.25) is 14.5 Å². The molecule has 0 saturated carbocycles. The van der Waals surface area contributed by atoms with Gasteiger partial charge in [-0.15, -0.1) is 0 Å². The molecule has 6 heteroatoms. The number of aryl methyl sites for hydroxylation is 1. The van der Waals surface area contributed by atoms with E-state index < -0.39 is 0 Å². The van der Waals surface area contributed by atoms with Crippen LogP contribution in [0, 0.1) is 5.92 Å². The lowest BCUT2D eigenvalue weighted by atomic mass is 10.1. The van der Waals surface area contributed by atoms with Crippen molar-refractivity contribution in [2.24, 2.45) is 5.92 Å². The largest absolute Gasteiger partial charge is 0.379 e. The number of carbonyl (C=O) groups is 2. The maximum atomic E-state index is 12.5. The maximum absolute atomic E-state index is 12.5. The van der Waals surface area contributed by atoms with Crippen LogP contribution in [0.4, 0.5) is 5.69 Å². The molecule has 136 valence electrons. The van der Waals surface area contributed by atoms with E-state index in [2.05, 4.69) is 17.1 Å². The Kier molecular flexibility index (Phi) is 6.04. The van der Waals surface area contributed by atoms with Crippen LogP contribution in [-0.4, -0.2) is 67.6 Å². The first kappa shape index (κ1) is 17.9. The number of amides is 2. The van der Waals surface area contributed by atoms with Gasteiger partial charge in [-0.1, -0.05) is 19.1 Å². The third-order valence-electron chi connectivity index (χ3n) is 4.98. The number of rotatable bonds is 6. The van der Waals surface area contributed by atoms with E-state index >= 15 is 0 Å². The molecule has 2 aliphatic heterocycles. The van der Waals surface area contributed by atoms with Gasteiger partial charge in [0.15, 0.2) is 0 Å². The molecule has 0 unspecified atom stereocenters. The third-order valence-corrected chi connectivity index (χ3v) is 4.98. The molecule has 6 nitrogen and oxygen atoms in total. The standard InChI is InChI=1S/C19H27N3O3/c1-2-15-4-3-5-17(12-15)20-19(24)16-13-18(23)22(14-16)7-6-21-8-10-25-11-9-21/h3-5,12,16H,2,6-11,13-14H2,1H3,(H,20,24)/t16-/m1/s1. The Morgan fingerprint density at radius 2 is 2.08 bits per heavy atom. The average molecular weight is 345 g/mol. The van der Waals surface area contributed by atoms with Crippen LogP contribution in [-0.2, 0) is 20.7 Å². The van der Waals surface area contributed by atoms with Gasteiger partial charge in [0.05, 0.1) is 19.1 Å². The minimum Gasteiger partial charge on any atom is -0.379 e. The van der Waals surface area contributed by atoms with E-state index in [1.807, 2.05) is 29.2 Å². The fourth-order valence-corrected chi connectivity index (χ4v) is 3.36. The zero-order chi connectivity index (χ0) is 17.6. The van der Waals surface area contributed by atoms with E-state index in [0.29, 0.717) is 19.5 Å². The molecule has 2 aliphatic rings. The number of nitrogens with one attached hydrogen (secondary N) is 1. The predicted octanol–water partition coefficient (Wildman–Crippen LogP) is 1.37. The van der Waals surface area contributed by atoms with Crippen LogP contribution < -0.4 is 5.32 Å². The highest BCUT2D eigenvalue weighted by Gasteiger charge is 2.34. The SMILES string of the molecule is CCc1cccc(NC(=O)[C@@H]2CC(=O)N(CCN3CCOCC3)C2)c1. The highest BCUT2D eigenvalue weighted by molar-refractivity contribution is 5.97. The van der Waals surface area contributed by atoms with Gasteiger partial charge in [0.2, 0.25) is 11.8 Å². The van der Waals surface area contributed by atoms with Crippen molar-refractivity contribution < 1.29 is 14.3 Å². The summed E-state index contributed by atoms with van der Waals surface area (Å²) in [7, 11) is 0. The van der Waals surface area contributed by atoms with Gasteiger partial charge in [0.25, 0.3) is 0 Å². The smallest absolute Gasteiger partial charge is 0.229 e. The summed E-state index contributed by atoms with van der Waals surface area (Å²) in [5.41, 5.74) is 2.00. The predicted molar refractivity (Wildman–Crippen MR) is 96.4 cm³/mol. The lowest BCUT2D eigenvalue weighted by molar-refractivity contribution is -0.128. The molecule has 0 radical (unpaired) electrons. The van der Waals surface area contributed by atoms with Crippen LogP contribution in [0.2, 0.25) is 0 Å². The molecule has 2 amide bonds. The van der Waals surface area contributed by atoms with Crippen LogP contribution in [0.1, 0.15) is 18.9 Å². The second-order valence-electron chi connectivity index (χ2n) is 6.74. The normalized spacial score (nSPS) is 21.6. The lowest BCUT2D eigenvalue weighted by Gasteiger charge is -2.28. The number of carbonyl (C=O) groups excluding carboxylic acids is 2. The quantitative estimate of drug-likeness (QED) is 0.846. The number of morpholine rings is 1. The van der Waals surface area contributed by atoms with E-state index in [-0.39, 0.29) is 17.7 Å². The Morgan fingerprint density at radius 1 is 1.28 bits per heavy atom. The van der Waals surface area contributed by atoms with Gasteiger partial charge in [-0.25, -0.2) is 0 Å². The molecular formula is C19H27N3O3. The van der Waals surface area contributed by atoms with Crippen molar-refractivity contribution >= 4 is 17.5 Å². The first-order chi connectivity index (χ1) is 12.2. The summed E-state index contributed by atoms with van der Waals surface area (Å²) in [5.74, 6) is -0.242. The first-order valence-corrected chi connectivity index (χ1v) is 9.13. The summed E-state index contributed by atoms with van der Waals surface area (Å²) in [6.07, 6.45) is 1.24. The molecule has 0 spiro atoms. The fourth-order valence-electron chi connectivity index (χ4n) is 3.36. The van der Waals surface area contributed by atoms with E-state index in [0.717, 1.165) is 45.0 Å². The number of anilines is 1. The van der Waals surface area contributed by atoms with Gasteiger partial charge >= 0.3 is 0 Å². The van der Waals surface area contributed by atoms with E-state index in [9.17, 15) is 9.59 Å². The molecule has 2 heterocycles. The molecule has 1 atom stereocenters. The average Bonchev–Trinajstić information content (AvgIpc) is 3.02. The lowest BCUT2D eigenvalue weighted by Crippen LogP contribution is -2.42. The number of ether oxygens (including phenoxy) is 1. The summed E-state index contributed by atoms with van der Waals surface area (Å²) >= 11 is 0. The summed E-state index contributed by atoms with van der Waals surface area (Å²) in [6.45, 7) is 7.49. The highest BCUT2D eigenvalue weighted by atomic mass is 16.5. The third kappa shape index (κ3) is 4.80. The zero-order valence-electron chi connectivity index (χ0n) is 14.9. The number of hydrogen-bond donors (Lipinski definition) is 1. The van der Waals surface area contributed by atoms with Crippen molar-refractivity contribution in [3.8, 4) is 0 Å². The maximum Gasteiger partial charge on any atom is 0.229 e. The van der Waals surface area contributed by atoms with Crippen molar-refractivity contribution in [3.63, 3.8) is 0 Å². The molecular weight excluding hydrogens is 318 g/mol. The van der Waals surface area contributed by atoms with Crippen LogP contribution in [0.25, 0.3) is 0 Å². The second-order valence-corrected chi connectivity index (χ2v) is 6.74. The van der Waals surface area contributed by atoms with Crippen molar-refractivity contribution in [2.45, 2.75) is 19.8 Å². The molecule has 3 rings (SSSR count). The van der Waals surface area contributed by atoms with Crippen molar-refractivity contribution in [3.05, 3.63) is 29.8 Å². The Balaban J connectivity index is 1.49. The van der Waals surface area contributed by atoms with Crippen molar-refractivity contribution in [1.29, 1.82) is 0 Å². The number of benzene rings is 1. The summed E-state index contributed by atoms with van der Waals surface area (Å²) < 4.78 is 5.34. The van der Waals surface area contributed by atoms with Crippen LogP contribution in [0.15, 0.2) is 24.3 Å². The summed E-state index contributed by atoms with van der Waals surface area (Å²) in [4.78, 5) is 28.8. The number of likely N-dealkylation sites (tertiary alicyclic amines) is 1. The van der Waals surface area contributed by atoms with Crippen molar-refractivity contribution in [2.75, 3.05) is 51.3 Å². The first-order valence-electron chi connectivity index (χ1n) is 9.13.